The van der Waals surface area contributed by atoms with Gasteiger partial charge in [-0.15, -0.1) is 0 Å². The standard InChI is InChI=1S/C17H26N2O2/c1-12(16(20)19-17(2,3)4)21-15-9-5-13(6-10-15)11-18-14-7-8-14/h5-6,9-10,12,14,18H,7-8,11H2,1-4H3,(H,19,20). The first-order valence-electron chi connectivity index (χ1n) is 7.64. The molecule has 2 rings (SSSR count). The zero-order valence-corrected chi connectivity index (χ0v) is 13.4. The number of amides is 1. The molecule has 1 aromatic carbocycles. The highest BCUT2D eigenvalue weighted by atomic mass is 16.5. The van der Waals surface area contributed by atoms with Gasteiger partial charge in [0, 0.05) is 18.1 Å². The minimum Gasteiger partial charge on any atom is -0.481 e. The van der Waals surface area contributed by atoms with Gasteiger partial charge >= 0.3 is 0 Å². The molecule has 4 nitrogen and oxygen atoms in total. The summed E-state index contributed by atoms with van der Waals surface area (Å²) in [6, 6.07) is 8.63. The van der Waals surface area contributed by atoms with Gasteiger partial charge in [-0.2, -0.15) is 0 Å². The van der Waals surface area contributed by atoms with Gasteiger partial charge in [-0.1, -0.05) is 12.1 Å². The molecule has 0 radical (unpaired) electrons. The molecule has 1 aromatic rings. The highest BCUT2D eigenvalue weighted by molar-refractivity contribution is 5.81. The van der Waals surface area contributed by atoms with Crippen molar-refractivity contribution in [2.24, 2.45) is 0 Å². The van der Waals surface area contributed by atoms with Crippen molar-refractivity contribution in [3.05, 3.63) is 29.8 Å². The molecule has 1 aliphatic carbocycles. The van der Waals surface area contributed by atoms with E-state index in [-0.39, 0.29) is 11.4 Å². The molecular weight excluding hydrogens is 264 g/mol. The third kappa shape index (κ3) is 5.76. The van der Waals surface area contributed by atoms with Gasteiger partial charge in [0.2, 0.25) is 0 Å². The first-order valence-corrected chi connectivity index (χ1v) is 7.64. The van der Waals surface area contributed by atoms with Gasteiger partial charge in [0.25, 0.3) is 5.91 Å². The second-order valence-electron chi connectivity index (χ2n) is 6.80. The van der Waals surface area contributed by atoms with Gasteiger partial charge in [0.05, 0.1) is 0 Å². The van der Waals surface area contributed by atoms with Gasteiger partial charge in [0.1, 0.15) is 5.75 Å². The zero-order valence-electron chi connectivity index (χ0n) is 13.4. The molecule has 1 saturated carbocycles. The Balaban J connectivity index is 1.82. The minimum atomic E-state index is -0.500. The van der Waals surface area contributed by atoms with Crippen LogP contribution in [0.25, 0.3) is 0 Å². The van der Waals surface area contributed by atoms with Crippen LogP contribution in [0.15, 0.2) is 24.3 Å². The van der Waals surface area contributed by atoms with E-state index in [0.29, 0.717) is 6.04 Å². The van der Waals surface area contributed by atoms with Crippen molar-refractivity contribution in [3.63, 3.8) is 0 Å². The van der Waals surface area contributed by atoms with E-state index in [0.717, 1.165) is 12.3 Å². The van der Waals surface area contributed by atoms with Crippen LogP contribution in [-0.4, -0.2) is 23.6 Å². The van der Waals surface area contributed by atoms with Crippen LogP contribution in [0, 0.1) is 0 Å². The number of hydrogen-bond donors (Lipinski definition) is 2. The third-order valence-electron chi connectivity index (χ3n) is 3.28. The average Bonchev–Trinajstić information content (AvgIpc) is 3.20. The normalized spacial score (nSPS) is 16.4. The van der Waals surface area contributed by atoms with Crippen LogP contribution in [0.5, 0.6) is 5.75 Å². The van der Waals surface area contributed by atoms with E-state index in [4.69, 9.17) is 4.74 Å². The lowest BCUT2D eigenvalue weighted by Gasteiger charge is -2.23. The molecule has 0 saturated heterocycles. The van der Waals surface area contributed by atoms with Crippen molar-refractivity contribution in [2.45, 2.75) is 64.8 Å². The number of carbonyl (C=O) groups excluding carboxylic acids is 1. The Bertz CT molecular complexity index is 473. The van der Waals surface area contributed by atoms with Gasteiger partial charge < -0.3 is 15.4 Å². The third-order valence-corrected chi connectivity index (χ3v) is 3.28. The van der Waals surface area contributed by atoms with Crippen LogP contribution in [0.3, 0.4) is 0 Å². The summed E-state index contributed by atoms with van der Waals surface area (Å²) in [6.45, 7) is 8.53. The van der Waals surface area contributed by atoms with Crippen molar-refractivity contribution in [1.29, 1.82) is 0 Å². The van der Waals surface area contributed by atoms with Crippen LogP contribution in [0.2, 0.25) is 0 Å². The number of rotatable bonds is 6. The highest BCUT2D eigenvalue weighted by Gasteiger charge is 2.21. The Morgan fingerprint density at radius 1 is 1.29 bits per heavy atom. The van der Waals surface area contributed by atoms with E-state index in [9.17, 15) is 4.79 Å². The first-order chi connectivity index (χ1) is 9.83. The summed E-state index contributed by atoms with van der Waals surface area (Å²) in [5, 5.41) is 6.39. The number of benzene rings is 1. The molecule has 0 bridgehead atoms. The molecule has 0 heterocycles. The molecule has 1 unspecified atom stereocenters. The fraction of sp³-hybridized carbons (Fsp3) is 0.588. The molecule has 116 valence electrons. The molecule has 0 aliphatic heterocycles. The van der Waals surface area contributed by atoms with Crippen LogP contribution >= 0.6 is 0 Å². The highest BCUT2D eigenvalue weighted by Crippen LogP contribution is 2.20. The monoisotopic (exact) mass is 290 g/mol. The van der Waals surface area contributed by atoms with Crippen LogP contribution < -0.4 is 15.4 Å². The van der Waals surface area contributed by atoms with Crippen molar-refractivity contribution in [3.8, 4) is 5.75 Å². The fourth-order valence-electron chi connectivity index (χ4n) is 1.96. The van der Waals surface area contributed by atoms with Crippen molar-refractivity contribution < 1.29 is 9.53 Å². The summed E-state index contributed by atoms with van der Waals surface area (Å²) in [4.78, 5) is 12.0. The van der Waals surface area contributed by atoms with E-state index in [1.54, 1.807) is 6.92 Å². The van der Waals surface area contributed by atoms with Crippen LogP contribution in [-0.2, 0) is 11.3 Å². The largest absolute Gasteiger partial charge is 0.481 e. The Kier molecular flexibility index (Phi) is 4.88. The second-order valence-corrected chi connectivity index (χ2v) is 6.80. The molecule has 1 fully saturated rings. The first kappa shape index (κ1) is 15.8. The van der Waals surface area contributed by atoms with Gasteiger partial charge in [-0.05, 0) is 58.2 Å². The Labute approximate surface area is 127 Å². The van der Waals surface area contributed by atoms with E-state index in [1.165, 1.54) is 18.4 Å². The maximum atomic E-state index is 12.0. The lowest BCUT2D eigenvalue weighted by molar-refractivity contribution is -0.128. The molecule has 0 aromatic heterocycles. The Morgan fingerprint density at radius 3 is 2.43 bits per heavy atom. The number of nitrogens with one attached hydrogen (secondary N) is 2. The Hall–Kier alpha value is -1.55. The SMILES string of the molecule is CC(Oc1ccc(CNC2CC2)cc1)C(=O)NC(C)(C)C. The van der Waals surface area contributed by atoms with Gasteiger partial charge in [-0.25, -0.2) is 0 Å². The Morgan fingerprint density at radius 2 is 1.90 bits per heavy atom. The van der Waals surface area contributed by atoms with Crippen LogP contribution in [0.1, 0.15) is 46.1 Å². The fourth-order valence-corrected chi connectivity index (χ4v) is 1.96. The van der Waals surface area contributed by atoms with E-state index >= 15 is 0 Å². The predicted molar refractivity (Wildman–Crippen MR) is 84.3 cm³/mol. The summed E-state index contributed by atoms with van der Waals surface area (Å²) in [7, 11) is 0. The van der Waals surface area contributed by atoms with Crippen molar-refractivity contribution in [1.82, 2.24) is 10.6 Å². The summed E-state index contributed by atoms with van der Waals surface area (Å²) in [5.74, 6) is 0.628. The topological polar surface area (TPSA) is 50.4 Å². The lowest BCUT2D eigenvalue weighted by Crippen LogP contribution is -2.46. The molecule has 1 amide bonds. The van der Waals surface area contributed by atoms with E-state index in [2.05, 4.69) is 10.6 Å². The lowest BCUT2D eigenvalue weighted by atomic mass is 10.1. The van der Waals surface area contributed by atoms with Gasteiger partial charge in [-0.3, -0.25) is 4.79 Å². The molecule has 1 atom stereocenters. The summed E-state index contributed by atoms with van der Waals surface area (Å²) >= 11 is 0. The maximum Gasteiger partial charge on any atom is 0.261 e. The van der Waals surface area contributed by atoms with Crippen molar-refractivity contribution >= 4 is 5.91 Å². The summed E-state index contributed by atoms with van der Waals surface area (Å²) in [6.07, 6.45) is 2.09. The molecule has 4 heteroatoms. The average molecular weight is 290 g/mol. The molecule has 1 aliphatic rings. The molecule has 21 heavy (non-hydrogen) atoms. The summed E-state index contributed by atoms with van der Waals surface area (Å²) < 4.78 is 5.68. The van der Waals surface area contributed by atoms with Gasteiger partial charge in [0.15, 0.2) is 6.10 Å². The summed E-state index contributed by atoms with van der Waals surface area (Å²) in [5.41, 5.74) is 0.994. The molecular formula is C17H26N2O2. The van der Waals surface area contributed by atoms with E-state index in [1.807, 2.05) is 45.0 Å². The predicted octanol–water partition coefficient (Wildman–Crippen LogP) is 2.62. The number of carbonyl (C=O) groups is 1. The number of hydrogen-bond acceptors (Lipinski definition) is 3. The van der Waals surface area contributed by atoms with Crippen LogP contribution in [0.4, 0.5) is 0 Å². The minimum absolute atomic E-state index is 0.0954. The molecule has 0 spiro atoms. The second kappa shape index (κ2) is 6.48. The maximum absolute atomic E-state index is 12.0. The quantitative estimate of drug-likeness (QED) is 0.847. The van der Waals surface area contributed by atoms with E-state index < -0.39 is 6.10 Å². The molecule has 2 N–H and O–H groups in total. The number of ether oxygens (including phenoxy) is 1. The zero-order chi connectivity index (χ0) is 15.5. The van der Waals surface area contributed by atoms with Crippen molar-refractivity contribution in [2.75, 3.05) is 0 Å². The smallest absolute Gasteiger partial charge is 0.261 e.